The predicted molar refractivity (Wildman–Crippen MR) is 111 cm³/mol. The molecule has 0 radical (unpaired) electrons. The second-order valence-electron chi connectivity index (χ2n) is 6.82. The largest absolute Gasteiger partial charge is 0.375 e. The minimum Gasteiger partial charge on any atom is -0.375 e. The summed E-state index contributed by atoms with van der Waals surface area (Å²) >= 11 is 0. The first-order valence-electron chi connectivity index (χ1n) is 9.33. The van der Waals surface area contributed by atoms with Gasteiger partial charge >= 0.3 is 5.69 Å². The predicted octanol–water partition coefficient (Wildman–Crippen LogP) is 3.49. The highest BCUT2D eigenvalue weighted by Crippen LogP contribution is 2.16. The van der Waals surface area contributed by atoms with Crippen molar-refractivity contribution in [2.45, 2.75) is 32.5 Å². The lowest BCUT2D eigenvalue weighted by atomic mass is 10.1. The molecular formula is C22H25N3O3. The molecule has 6 heteroatoms. The molecule has 0 aliphatic rings. The van der Waals surface area contributed by atoms with Crippen LogP contribution in [0.4, 0.5) is 5.82 Å². The summed E-state index contributed by atoms with van der Waals surface area (Å²) in [6.07, 6.45) is 0. The lowest BCUT2D eigenvalue weighted by Crippen LogP contribution is -2.38. The Morgan fingerprint density at radius 2 is 1.64 bits per heavy atom. The Balaban J connectivity index is 1.66. The maximum absolute atomic E-state index is 12.5. The van der Waals surface area contributed by atoms with Crippen LogP contribution < -0.4 is 16.6 Å². The van der Waals surface area contributed by atoms with Crippen LogP contribution in [-0.2, 0) is 11.3 Å². The van der Waals surface area contributed by atoms with Gasteiger partial charge in [0, 0.05) is 12.1 Å². The number of nitrogens with one attached hydrogen (secondary N) is 2. The highest BCUT2D eigenvalue weighted by atomic mass is 16.5. The molecule has 3 aromatic rings. The number of rotatable bonds is 8. The number of aromatic amines is 1. The lowest BCUT2D eigenvalue weighted by molar-refractivity contribution is 0.0926. The van der Waals surface area contributed by atoms with Gasteiger partial charge < -0.3 is 10.1 Å². The number of nitrogens with zero attached hydrogens (tertiary/aromatic N) is 1. The molecule has 3 rings (SSSR count). The molecule has 0 spiro atoms. The van der Waals surface area contributed by atoms with Crippen molar-refractivity contribution in [1.82, 2.24) is 9.55 Å². The SMILES string of the molecule is CC(Nc1cc(=O)n(C(C)COCc2ccccc2)c(=O)[nH]1)c1ccccc1. The van der Waals surface area contributed by atoms with Gasteiger partial charge in [0.2, 0.25) is 0 Å². The zero-order chi connectivity index (χ0) is 19.9. The van der Waals surface area contributed by atoms with Gasteiger partial charge in [-0.15, -0.1) is 0 Å². The molecule has 0 amide bonds. The number of benzene rings is 2. The van der Waals surface area contributed by atoms with Crippen molar-refractivity contribution in [1.29, 1.82) is 0 Å². The number of hydrogen-bond acceptors (Lipinski definition) is 4. The van der Waals surface area contributed by atoms with Crippen LogP contribution in [0.3, 0.4) is 0 Å². The van der Waals surface area contributed by atoms with Crippen LogP contribution in [0.15, 0.2) is 76.3 Å². The molecule has 2 N–H and O–H groups in total. The van der Waals surface area contributed by atoms with Gasteiger partial charge in [0.15, 0.2) is 0 Å². The normalized spacial score (nSPS) is 13.1. The summed E-state index contributed by atoms with van der Waals surface area (Å²) in [6.45, 7) is 4.47. The second-order valence-corrected chi connectivity index (χ2v) is 6.82. The highest BCUT2D eigenvalue weighted by molar-refractivity contribution is 5.36. The van der Waals surface area contributed by atoms with Gasteiger partial charge in [0.05, 0.1) is 19.3 Å². The third-order valence-electron chi connectivity index (χ3n) is 4.55. The third kappa shape index (κ3) is 4.98. The van der Waals surface area contributed by atoms with Crippen molar-refractivity contribution in [2.24, 2.45) is 0 Å². The van der Waals surface area contributed by atoms with Crippen LogP contribution in [0.5, 0.6) is 0 Å². The van der Waals surface area contributed by atoms with Gasteiger partial charge in [0.1, 0.15) is 5.82 Å². The molecule has 2 aromatic carbocycles. The van der Waals surface area contributed by atoms with Crippen molar-refractivity contribution in [3.63, 3.8) is 0 Å². The van der Waals surface area contributed by atoms with E-state index in [0.29, 0.717) is 12.4 Å². The molecule has 1 aromatic heterocycles. The number of H-pyrrole nitrogens is 1. The number of hydrogen-bond donors (Lipinski definition) is 2. The zero-order valence-electron chi connectivity index (χ0n) is 16.1. The van der Waals surface area contributed by atoms with Crippen LogP contribution >= 0.6 is 0 Å². The molecule has 0 saturated heterocycles. The molecule has 0 saturated carbocycles. The summed E-state index contributed by atoms with van der Waals surface area (Å²) in [6, 6.07) is 20.6. The first kappa shape index (κ1) is 19.6. The monoisotopic (exact) mass is 379 g/mol. The van der Waals surface area contributed by atoms with E-state index in [4.69, 9.17) is 4.74 Å². The van der Waals surface area contributed by atoms with E-state index in [0.717, 1.165) is 11.1 Å². The topological polar surface area (TPSA) is 76.1 Å². The molecule has 2 atom stereocenters. The lowest BCUT2D eigenvalue weighted by Gasteiger charge is -2.18. The molecular weight excluding hydrogens is 354 g/mol. The van der Waals surface area contributed by atoms with Gasteiger partial charge in [0.25, 0.3) is 5.56 Å². The van der Waals surface area contributed by atoms with E-state index >= 15 is 0 Å². The minimum atomic E-state index is -0.453. The Labute approximate surface area is 163 Å². The summed E-state index contributed by atoms with van der Waals surface area (Å²) in [5.41, 5.74) is 1.30. The summed E-state index contributed by atoms with van der Waals surface area (Å²) in [5.74, 6) is 0.403. The van der Waals surface area contributed by atoms with E-state index in [-0.39, 0.29) is 24.2 Å². The van der Waals surface area contributed by atoms with E-state index in [2.05, 4.69) is 10.3 Å². The van der Waals surface area contributed by atoms with Crippen LogP contribution in [0.1, 0.15) is 37.1 Å². The molecule has 6 nitrogen and oxygen atoms in total. The van der Waals surface area contributed by atoms with Gasteiger partial charge in [-0.05, 0) is 25.0 Å². The van der Waals surface area contributed by atoms with Crippen molar-refractivity contribution < 1.29 is 4.74 Å². The van der Waals surface area contributed by atoms with E-state index in [1.807, 2.05) is 67.6 Å². The maximum Gasteiger partial charge on any atom is 0.330 e. The van der Waals surface area contributed by atoms with Gasteiger partial charge in [-0.1, -0.05) is 60.7 Å². The van der Waals surface area contributed by atoms with E-state index in [9.17, 15) is 9.59 Å². The van der Waals surface area contributed by atoms with Crippen molar-refractivity contribution >= 4 is 5.82 Å². The Morgan fingerprint density at radius 1 is 1.00 bits per heavy atom. The molecule has 0 aliphatic heterocycles. The smallest absolute Gasteiger partial charge is 0.330 e. The quantitative estimate of drug-likeness (QED) is 0.628. The van der Waals surface area contributed by atoms with E-state index in [1.165, 1.54) is 10.6 Å². The Kier molecular flexibility index (Phi) is 6.45. The van der Waals surface area contributed by atoms with Crippen LogP contribution in [0, 0.1) is 0 Å². The van der Waals surface area contributed by atoms with Crippen LogP contribution in [0.2, 0.25) is 0 Å². The van der Waals surface area contributed by atoms with Crippen LogP contribution in [0.25, 0.3) is 0 Å². The average Bonchev–Trinajstić information content (AvgIpc) is 2.69. The fourth-order valence-corrected chi connectivity index (χ4v) is 3.05. The molecule has 146 valence electrons. The average molecular weight is 379 g/mol. The van der Waals surface area contributed by atoms with Gasteiger partial charge in [-0.2, -0.15) is 0 Å². The van der Waals surface area contributed by atoms with Crippen LogP contribution in [-0.4, -0.2) is 16.2 Å². The van der Waals surface area contributed by atoms with Crippen molar-refractivity contribution in [3.8, 4) is 0 Å². The molecule has 0 aliphatic carbocycles. The fourth-order valence-electron chi connectivity index (χ4n) is 3.05. The standard InChI is InChI=1S/C22H25N3O3/c1-16(14-28-15-18-9-5-3-6-10-18)25-21(26)13-20(24-22(25)27)23-17(2)19-11-7-4-8-12-19/h3-13,16-17,23H,14-15H2,1-2H3,(H,24,27). The molecule has 28 heavy (non-hydrogen) atoms. The third-order valence-corrected chi connectivity index (χ3v) is 4.55. The Hall–Kier alpha value is -3.12. The molecule has 0 bridgehead atoms. The molecule has 1 heterocycles. The summed E-state index contributed by atoms with van der Waals surface area (Å²) in [4.78, 5) is 27.7. The Bertz CT molecular complexity index is 966. The second kappa shape index (κ2) is 9.19. The molecule has 0 fully saturated rings. The summed E-state index contributed by atoms with van der Waals surface area (Å²) in [7, 11) is 0. The highest BCUT2D eigenvalue weighted by Gasteiger charge is 2.13. The summed E-state index contributed by atoms with van der Waals surface area (Å²) < 4.78 is 6.85. The Morgan fingerprint density at radius 3 is 2.29 bits per heavy atom. The van der Waals surface area contributed by atoms with Gasteiger partial charge in [-0.3, -0.25) is 14.3 Å². The van der Waals surface area contributed by atoms with Crippen molar-refractivity contribution in [2.75, 3.05) is 11.9 Å². The van der Waals surface area contributed by atoms with Crippen molar-refractivity contribution in [3.05, 3.63) is 98.7 Å². The first-order valence-corrected chi connectivity index (χ1v) is 9.33. The maximum atomic E-state index is 12.5. The number of anilines is 1. The van der Waals surface area contributed by atoms with Gasteiger partial charge in [-0.25, -0.2) is 4.79 Å². The first-order chi connectivity index (χ1) is 13.5. The minimum absolute atomic E-state index is 0.0428. The zero-order valence-corrected chi connectivity index (χ0v) is 16.1. The fraction of sp³-hybridized carbons (Fsp3) is 0.273. The van der Waals surface area contributed by atoms with E-state index < -0.39 is 5.69 Å². The van der Waals surface area contributed by atoms with E-state index in [1.54, 1.807) is 6.92 Å². The summed E-state index contributed by atoms with van der Waals surface area (Å²) in [5, 5.41) is 3.17. The number of ether oxygens (including phenoxy) is 1. The number of aromatic nitrogens is 2. The molecule has 2 unspecified atom stereocenters.